The smallest absolute Gasteiger partial charge is 0.339 e. The van der Waals surface area contributed by atoms with Gasteiger partial charge in [-0.05, 0) is 49.8 Å². The predicted octanol–water partition coefficient (Wildman–Crippen LogP) is 0.136. The summed E-state index contributed by atoms with van der Waals surface area (Å²) in [5, 5.41) is 63.6. The number of phenolic OH excluding ortho intramolecular Hbond substituents is 1. The summed E-state index contributed by atoms with van der Waals surface area (Å²) in [5.41, 5.74) is 1.14. The Bertz CT molecular complexity index is 1880. The van der Waals surface area contributed by atoms with Gasteiger partial charge < -0.3 is 41.1 Å². The lowest BCUT2D eigenvalue weighted by Gasteiger charge is -2.53. The molecule has 0 radical (unpaired) electrons. The summed E-state index contributed by atoms with van der Waals surface area (Å²) in [6.45, 7) is 1.68. The molecule has 0 heterocycles. The number of aromatic carboxylic acids is 1. The average Bonchev–Trinajstić information content (AvgIpc) is 2.98. The van der Waals surface area contributed by atoms with E-state index in [1.807, 2.05) is 0 Å². The van der Waals surface area contributed by atoms with Gasteiger partial charge in [0.2, 0.25) is 5.78 Å². The number of aromatic hydroxyl groups is 1. The van der Waals surface area contributed by atoms with Crippen molar-refractivity contribution in [3.05, 3.63) is 70.0 Å². The molecule has 5 rings (SSSR count). The zero-order valence-corrected chi connectivity index (χ0v) is 26.1. The van der Waals surface area contributed by atoms with Gasteiger partial charge in [-0.15, -0.1) is 0 Å². The molecule has 2 aromatic rings. The fraction of sp³-hybridized carbons (Fsp3) is 0.333. The van der Waals surface area contributed by atoms with Crippen LogP contribution < -0.4 is 10.5 Å². The minimum Gasteiger partial charge on any atom is -0.508 e. The number of ketones is 2. The number of nitrogens with zero attached hydrogens (tertiary/aromatic N) is 1. The van der Waals surface area contributed by atoms with Crippen LogP contribution in [0.3, 0.4) is 0 Å². The van der Waals surface area contributed by atoms with Gasteiger partial charge >= 0.3 is 5.97 Å². The van der Waals surface area contributed by atoms with E-state index in [1.165, 1.54) is 32.2 Å². The highest BCUT2D eigenvalue weighted by atomic mass is 32.2. The van der Waals surface area contributed by atoms with Crippen LogP contribution in [0.1, 0.15) is 34.3 Å². The first-order valence-corrected chi connectivity index (χ1v) is 15.2. The fourth-order valence-electron chi connectivity index (χ4n) is 6.59. The van der Waals surface area contributed by atoms with Crippen LogP contribution in [0.5, 0.6) is 11.5 Å². The molecule has 3 aliphatic carbocycles. The van der Waals surface area contributed by atoms with Crippen LogP contribution in [0.4, 0.5) is 0 Å². The van der Waals surface area contributed by atoms with Crippen molar-refractivity contribution in [1.82, 2.24) is 4.90 Å². The van der Waals surface area contributed by atoms with Crippen molar-refractivity contribution in [2.24, 2.45) is 17.6 Å². The van der Waals surface area contributed by atoms with Crippen LogP contribution in [0, 0.1) is 11.8 Å². The normalized spacial score (nSPS) is 26.9. The number of rotatable bonds is 5. The highest BCUT2D eigenvalue weighted by molar-refractivity contribution is 7.85. The monoisotopic (exact) mass is 676 g/mol. The first kappa shape index (κ1) is 35.1. The van der Waals surface area contributed by atoms with Crippen molar-refractivity contribution < 1.29 is 67.5 Å². The van der Waals surface area contributed by atoms with Crippen molar-refractivity contribution in [2.75, 3.05) is 21.2 Å². The lowest BCUT2D eigenvalue weighted by Crippen LogP contribution is -2.70. The number of carbonyl (C=O) groups is 4. The van der Waals surface area contributed by atoms with Crippen molar-refractivity contribution >= 4 is 39.3 Å². The maximum atomic E-state index is 13.7. The number of aliphatic hydroxyl groups is 4. The molecule has 1 saturated carbocycles. The van der Waals surface area contributed by atoms with Crippen molar-refractivity contribution in [3.63, 3.8) is 0 Å². The van der Waals surface area contributed by atoms with Gasteiger partial charge in [0.15, 0.2) is 11.4 Å². The maximum absolute atomic E-state index is 13.7. The van der Waals surface area contributed by atoms with E-state index in [1.54, 1.807) is 19.1 Å². The van der Waals surface area contributed by atoms with Crippen LogP contribution in [0.15, 0.2) is 58.2 Å². The highest BCUT2D eigenvalue weighted by Gasteiger charge is 2.68. The topological polar surface area (TPSA) is 283 Å². The number of aliphatic hydroxyl groups excluding tert-OH is 3. The molecule has 0 bridgehead atoms. The second kappa shape index (κ2) is 12.1. The Kier molecular flexibility index (Phi) is 9.01. The van der Waals surface area contributed by atoms with Crippen LogP contribution in [-0.4, -0.2) is 111 Å². The third kappa shape index (κ3) is 5.40. The van der Waals surface area contributed by atoms with Crippen LogP contribution in [0.2, 0.25) is 0 Å². The van der Waals surface area contributed by atoms with E-state index in [0.29, 0.717) is 5.56 Å². The number of primary amides is 1. The molecule has 17 heteroatoms. The Balaban J connectivity index is 0.000000280. The highest BCUT2D eigenvalue weighted by Crippen LogP contribution is 2.55. The predicted molar refractivity (Wildman–Crippen MR) is 160 cm³/mol. The fourth-order valence-corrected chi connectivity index (χ4v) is 7.10. The Labute approximate surface area is 267 Å². The summed E-state index contributed by atoms with van der Waals surface area (Å²) in [6.07, 6.45) is -1.59. The van der Waals surface area contributed by atoms with Crippen LogP contribution in [0.25, 0.3) is 5.76 Å². The lowest BCUT2D eigenvalue weighted by atomic mass is 9.54. The van der Waals surface area contributed by atoms with Gasteiger partial charge in [0.1, 0.15) is 34.2 Å². The number of carboxylic acid groups (broad SMARTS) is 1. The molecule has 1 fully saturated rings. The summed E-state index contributed by atoms with van der Waals surface area (Å²) in [4.78, 5) is 50.2. The van der Waals surface area contributed by atoms with Gasteiger partial charge in [0.05, 0.1) is 35.6 Å². The third-order valence-corrected chi connectivity index (χ3v) is 9.54. The number of benzene rings is 2. The minimum absolute atomic E-state index is 0.0231. The largest absolute Gasteiger partial charge is 0.508 e. The zero-order chi connectivity index (χ0) is 35.5. The molecule has 47 heavy (non-hydrogen) atoms. The molecule has 1 amide bonds. The number of phenols is 1. The van der Waals surface area contributed by atoms with E-state index >= 15 is 0 Å². The maximum Gasteiger partial charge on any atom is 0.339 e. The Morgan fingerprint density at radius 3 is 2.19 bits per heavy atom. The van der Waals surface area contributed by atoms with Crippen LogP contribution in [-0.2, 0) is 24.5 Å². The van der Waals surface area contributed by atoms with E-state index in [2.05, 4.69) is 0 Å². The lowest BCUT2D eigenvalue weighted by molar-refractivity contribution is -0.169. The van der Waals surface area contributed by atoms with E-state index < -0.39 is 96.6 Å². The number of amides is 1. The van der Waals surface area contributed by atoms with Crippen molar-refractivity contribution in [3.8, 4) is 11.5 Å². The number of hydrogen-bond donors (Lipinski definition) is 8. The van der Waals surface area contributed by atoms with Gasteiger partial charge in [0, 0.05) is 11.5 Å². The van der Waals surface area contributed by atoms with Gasteiger partial charge in [-0.25, -0.2) is 4.79 Å². The molecule has 9 N–H and O–H groups in total. The third-order valence-electron chi connectivity index (χ3n) is 8.69. The van der Waals surface area contributed by atoms with Crippen molar-refractivity contribution in [2.45, 2.75) is 35.5 Å². The number of fused-ring (bicyclic) bond motifs is 3. The SMILES string of the molecule is CC1c2cccc(O)c2C(O)=C2C(=O)C3(O)C(O)=C(C(N)=O)C(=O)C(N(C)C)C3C(O)C21.COc1ccc(S(=O)(=O)O)cc1C(=O)O. The molecule has 0 aromatic heterocycles. The molecular weight excluding hydrogens is 644 g/mol. The summed E-state index contributed by atoms with van der Waals surface area (Å²) >= 11 is 0. The first-order chi connectivity index (χ1) is 21.7. The molecular formula is C30H32N2O14S. The number of ether oxygens (including phenoxy) is 1. The van der Waals surface area contributed by atoms with Gasteiger partial charge in [-0.1, -0.05) is 19.1 Å². The molecule has 6 atom stereocenters. The van der Waals surface area contributed by atoms with Gasteiger partial charge in [0.25, 0.3) is 16.0 Å². The van der Waals surface area contributed by atoms with Gasteiger partial charge in [-0.3, -0.25) is 23.8 Å². The number of hydrogen-bond acceptors (Lipinski definition) is 13. The first-order valence-electron chi connectivity index (χ1n) is 13.8. The summed E-state index contributed by atoms with van der Waals surface area (Å²) in [6, 6.07) is 6.18. The van der Waals surface area contributed by atoms with E-state index in [9.17, 15) is 53.1 Å². The quantitative estimate of drug-likeness (QED) is 0.154. The van der Waals surface area contributed by atoms with E-state index in [4.69, 9.17) is 20.1 Å². The number of methoxy groups -OCH3 is 1. The zero-order valence-electron chi connectivity index (χ0n) is 25.3. The molecule has 16 nitrogen and oxygen atoms in total. The summed E-state index contributed by atoms with van der Waals surface area (Å²) in [7, 11) is -0.224. The number of Topliss-reactive ketones (excluding diaryl/α,β-unsaturated/α-hetero) is 2. The average molecular weight is 677 g/mol. The number of nitrogens with two attached hydrogens (primary N) is 1. The molecule has 0 aliphatic heterocycles. The second-order valence-electron chi connectivity index (χ2n) is 11.4. The molecule has 3 aliphatic rings. The Hall–Kier alpha value is -4.81. The second-order valence-corrected chi connectivity index (χ2v) is 12.9. The van der Waals surface area contributed by atoms with E-state index in [0.717, 1.165) is 18.2 Å². The van der Waals surface area contributed by atoms with Gasteiger partial charge in [-0.2, -0.15) is 8.42 Å². The molecule has 0 spiro atoms. The molecule has 2 aromatic carbocycles. The van der Waals surface area contributed by atoms with Crippen molar-refractivity contribution in [1.29, 1.82) is 0 Å². The van der Waals surface area contributed by atoms with Crippen LogP contribution >= 0.6 is 0 Å². The Morgan fingerprint density at radius 2 is 1.68 bits per heavy atom. The number of carboxylic acids is 1. The molecule has 252 valence electrons. The number of likely N-dealkylation sites (N-methyl/N-ethyl adjacent to an activating group) is 1. The standard InChI is InChI=1S/C22H24N2O8.C8H8O6S/c1-7-8-5-4-6-9(25)11(8)16(26)12-10(7)17(27)14-15(24(2)3)18(28)13(21(23)31)20(30)22(14,32)19(12)29;1-14-7-3-2-5(15(11,12)13)4-6(7)8(9)10/h4-7,10,14-15,17,25-27,30,32H,1-3H3,(H2,23,31);2-4H,1H3,(H,9,10)(H,11,12,13). The van der Waals surface area contributed by atoms with E-state index in [-0.39, 0.29) is 22.6 Å². The summed E-state index contributed by atoms with van der Waals surface area (Å²) in [5.74, 6) is -10.2. The summed E-state index contributed by atoms with van der Waals surface area (Å²) < 4.78 is 34.9. The molecule has 6 unspecified atom stereocenters. The molecule has 0 saturated heterocycles. The minimum atomic E-state index is -4.40. The Morgan fingerprint density at radius 1 is 1.06 bits per heavy atom. The number of carbonyl (C=O) groups excluding carboxylic acids is 3.